The van der Waals surface area contributed by atoms with Crippen LogP contribution in [0.3, 0.4) is 0 Å². The Balaban J connectivity index is 1.50. The fraction of sp³-hybridized carbons (Fsp3) is 0.100. The highest BCUT2D eigenvalue weighted by molar-refractivity contribution is 7.19. The van der Waals surface area contributed by atoms with E-state index in [1.807, 2.05) is 43.3 Å². The van der Waals surface area contributed by atoms with E-state index in [4.69, 9.17) is 13.6 Å². The van der Waals surface area contributed by atoms with Crippen molar-refractivity contribution in [3.8, 4) is 27.8 Å². The van der Waals surface area contributed by atoms with Crippen molar-refractivity contribution >= 4 is 22.4 Å². The van der Waals surface area contributed by atoms with Gasteiger partial charge in [0.15, 0.2) is 17.5 Å². The van der Waals surface area contributed by atoms with Crippen molar-refractivity contribution in [3.05, 3.63) is 66.6 Å². The van der Waals surface area contributed by atoms with Crippen molar-refractivity contribution in [2.24, 2.45) is 0 Å². The zero-order valence-corrected chi connectivity index (χ0v) is 15.3. The lowest BCUT2D eigenvalue weighted by atomic mass is 10.2. The second kappa shape index (κ2) is 7.51. The maximum absolute atomic E-state index is 12.2. The van der Waals surface area contributed by atoms with E-state index >= 15 is 0 Å². The van der Waals surface area contributed by atoms with Crippen LogP contribution in [0.4, 0.5) is 5.13 Å². The average molecular weight is 380 g/mol. The van der Waals surface area contributed by atoms with Crippen LogP contribution in [-0.4, -0.2) is 17.5 Å². The van der Waals surface area contributed by atoms with Crippen LogP contribution in [-0.2, 0) is 4.79 Å². The van der Waals surface area contributed by atoms with Crippen molar-refractivity contribution in [2.45, 2.75) is 6.92 Å². The van der Waals surface area contributed by atoms with Crippen LogP contribution in [0.25, 0.3) is 22.1 Å². The Labute approximate surface area is 159 Å². The lowest BCUT2D eigenvalue weighted by Crippen LogP contribution is -2.20. The fourth-order valence-electron chi connectivity index (χ4n) is 2.54. The maximum atomic E-state index is 12.2. The smallest absolute Gasteiger partial charge is 0.264 e. The molecule has 0 atom stereocenters. The summed E-state index contributed by atoms with van der Waals surface area (Å²) in [6.45, 7) is 1.87. The highest BCUT2D eigenvalue weighted by atomic mass is 32.1. The van der Waals surface area contributed by atoms with E-state index in [0.717, 1.165) is 10.4 Å². The van der Waals surface area contributed by atoms with Crippen LogP contribution >= 0.6 is 11.3 Å². The quantitative estimate of drug-likeness (QED) is 0.510. The topological polar surface area (TPSA) is 77.5 Å². The van der Waals surface area contributed by atoms with Gasteiger partial charge in [-0.1, -0.05) is 23.5 Å². The van der Waals surface area contributed by atoms with Gasteiger partial charge < -0.3 is 13.6 Å². The first kappa shape index (κ1) is 17.1. The second-order valence-corrected chi connectivity index (χ2v) is 6.80. The van der Waals surface area contributed by atoms with Gasteiger partial charge in [-0.05, 0) is 48.9 Å². The Kier molecular flexibility index (Phi) is 4.76. The number of nitrogens with zero attached hydrogens (tertiary/aromatic N) is 1. The molecule has 0 unspecified atom stereocenters. The summed E-state index contributed by atoms with van der Waals surface area (Å²) in [5.41, 5.74) is 1.69. The van der Waals surface area contributed by atoms with Gasteiger partial charge in [0.25, 0.3) is 5.91 Å². The number of thiazole rings is 1. The number of benzene rings is 1. The summed E-state index contributed by atoms with van der Waals surface area (Å²) in [5, 5.41) is 3.22. The number of rotatable bonds is 6. The molecule has 0 spiro atoms. The summed E-state index contributed by atoms with van der Waals surface area (Å²) >= 11 is 1.32. The summed E-state index contributed by atoms with van der Waals surface area (Å²) < 4.78 is 16.5. The highest BCUT2D eigenvalue weighted by Gasteiger charge is 2.20. The third-order valence-corrected chi connectivity index (χ3v) is 4.72. The molecule has 1 N–H and O–H groups in total. The summed E-state index contributed by atoms with van der Waals surface area (Å²) in [4.78, 5) is 17.5. The van der Waals surface area contributed by atoms with E-state index in [9.17, 15) is 4.79 Å². The second-order valence-electron chi connectivity index (χ2n) is 5.80. The first-order chi connectivity index (χ1) is 13.2. The normalized spacial score (nSPS) is 10.7. The lowest BCUT2D eigenvalue weighted by Gasteiger charge is -2.06. The first-order valence-corrected chi connectivity index (χ1v) is 9.08. The van der Waals surface area contributed by atoms with E-state index in [-0.39, 0.29) is 12.5 Å². The number of anilines is 1. The number of hydrogen-bond donors (Lipinski definition) is 1. The largest absolute Gasteiger partial charge is 0.484 e. The predicted molar refractivity (Wildman–Crippen MR) is 103 cm³/mol. The molecule has 0 saturated heterocycles. The first-order valence-electron chi connectivity index (χ1n) is 8.27. The number of nitrogens with one attached hydrogen (secondary N) is 1. The average Bonchev–Trinajstić information content (AvgIpc) is 3.40. The molecule has 1 amide bonds. The SMILES string of the molecule is Cc1cccc(OCC(=O)Nc2nc(-c3ccco3)c(-c3ccco3)s2)c1. The zero-order chi connectivity index (χ0) is 18.6. The van der Waals surface area contributed by atoms with Gasteiger partial charge in [0, 0.05) is 0 Å². The zero-order valence-electron chi connectivity index (χ0n) is 14.5. The molecule has 27 heavy (non-hydrogen) atoms. The van der Waals surface area contributed by atoms with Gasteiger partial charge in [0.2, 0.25) is 0 Å². The molecule has 1 aromatic carbocycles. The molecule has 0 bridgehead atoms. The van der Waals surface area contributed by atoms with Crippen LogP contribution < -0.4 is 10.1 Å². The van der Waals surface area contributed by atoms with Crippen molar-refractivity contribution in [1.29, 1.82) is 0 Å². The minimum atomic E-state index is -0.290. The molecule has 7 heteroatoms. The van der Waals surface area contributed by atoms with Gasteiger partial charge in [-0.15, -0.1) is 0 Å². The number of carbonyl (C=O) groups excluding carboxylic acids is 1. The fourth-order valence-corrected chi connectivity index (χ4v) is 3.49. The van der Waals surface area contributed by atoms with Crippen molar-refractivity contribution < 1.29 is 18.4 Å². The minimum Gasteiger partial charge on any atom is -0.484 e. The number of amides is 1. The molecule has 0 radical (unpaired) electrons. The van der Waals surface area contributed by atoms with Crippen molar-refractivity contribution in [1.82, 2.24) is 4.98 Å². The Hall–Kier alpha value is -3.32. The molecule has 0 aliphatic carbocycles. The maximum Gasteiger partial charge on any atom is 0.264 e. The standard InChI is InChI=1S/C20H16N2O4S/c1-13-5-2-6-14(11-13)26-12-17(23)21-20-22-18(15-7-3-9-24-15)19(27-20)16-8-4-10-25-16/h2-11H,12H2,1H3,(H,21,22,23). The van der Waals surface area contributed by atoms with Crippen LogP contribution in [0.5, 0.6) is 5.75 Å². The van der Waals surface area contributed by atoms with Gasteiger partial charge >= 0.3 is 0 Å². The molecule has 3 heterocycles. The third kappa shape index (κ3) is 3.93. The van der Waals surface area contributed by atoms with E-state index in [0.29, 0.717) is 28.1 Å². The molecule has 136 valence electrons. The number of furan rings is 2. The molecule has 0 aliphatic rings. The Bertz CT molecular complexity index is 984. The van der Waals surface area contributed by atoms with E-state index in [2.05, 4.69) is 10.3 Å². The van der Waals surface area contributed by atoms with Gasteiger partial charge in [0.1, 0.15) is 22.1 Å². The molecule has 4 aromatic rings. The monoisotopic (exact) mass is 380 g/mol. The summed E-state index contributed by atoms with van der Waals surface area (Å²) in [6, 6.07) is 14.8. The van der Waals surface area contributed by atoms with E-state index in [1.54, 1.807) is 24.7 Å². The summed E-state index contributed by atoms with van der Waals surface area (Å²) in [5.74, 6) is 1.63. The van der Waals surface area contributed by atoms with Gasteiger partial charge in [-0.2, -0.15) is 0 Å². The van der Waals surface area contributed by atoms with Crippen LogP contribution in [0.1, 0.15) is 5.56 Å². The van der Waals surface area contributed by atoms with Crippen LogP contribution in [0.15, 0.2) is 69.9 Å². The number of ether oxygens (including phenoxy) is 1. The molecular formula is C20H16N2O4S. The van der Waals surface area contributed by atoms with Crippen LogP contribution in [0.2, 0.25) is 0 Å². The predicted octanol–water partition coefficient (Wildman–Crippen LogP) is 4.99. The molecule has 0 fully saturated rings. The van der Waals surface area contributed by atoms with E-state index < -0.39 is 0 Å². The minimum absolute atomic E-state index is 0.102. The molecule has 4 rings (SSSR count). The van der Waals surface area contributed by atoms with E-state index in [1.165, 1.54) is 11.3 Å². The lowest BCUT2D eigenvalue weighted by molar-refractivity contribution is -0.118. The van der Waals surface area contributed by atoms with Crippen molar-refractivity contribution in [2.75, 3.05) is 11.9 Å². The van der Waals surface area contributed by atoms with Crippen molar-refractivity contribution in [3.63, 3.8) is 0 Å². The molecule has 6 nitrogen and oxygen atoms in total. The third-order valence-electron chi connectivity index (χ3n) is 3.73. The van der Waals surface area contributed by atoms with Crippen LogP contribution in [0, 0.1) is 6.92 Å². The number of aryl methyl sites for hydroxylation is 1. The summed E-state index contributed by atoms with van der Waals surface area (Å²) in [7, 11) is 0. The van der Waals surface area contributed by atoms with Gasteiger partial charge in [0.05, 0.1) is 12.5 Å². The molecule has 0 saturated carbocycles. The molecule has 3 aromatic heterocycles. The highest BCUT2D eigenvalue weighted by Crippen LogP contribution is 2.39. The molecule has 0 aliphatic heterocycles. The Morgan fingerprint density at radius 2 is 1.89 bits per heavy atom. The number of carbonyl (C=O) groups is 1. The Morgan fingerprint density at radius 3 is 2.59 bits per heavy atom. The van der Waals surface area contributed by atoms with Gasteiger partial charge in [-0.3, -0.25) is 10.1 Å². The molecular weight excluding hydrogens is 364 g/mol. The Morgan fingerprint density at radius 1 is 1.11 bits per heavy atom. The number of aromatic nitrogens is 1. The van der Waals surface area contributed by atoms with Gasteiger partial charge in [-0.25, -0.2) is 4.98 Å². The summed E-state index contributed by atoms with van der Waals surface area (Å²) in [6.07, 6.45) is 3.17. The number of hydrogen-bond acceptors (Lipinski definition) is 6.